The summed E-state index contributed by atoms with van der Waals surface area (Å²) in [7, 11) is 1.93. The van der Waals surface area contributed by atoms with Crippen molar-refractivity contribution in [2.24, 2.45) is 5.92 Å². The fraction of sp³-hybridized carbons (Fsp3) is 0.938. The lowest BCUT2D eigenvalue weighted by atomic mass is 9.85. The normalized spacial score (nSPS) is 35.7. The van der Waals surface area contributed by atoms with Crippen LogP contribution >= 0.6 is 12.4 Å². The molecule has 0 spiro atoms. The van der Waals surface area contributed by atoms with Gasteiger partial charge in [0, 0.05) is 26.2 Å². The SMILES string of the molecule is CN(CC1CCCCO1)C(=O)C1CC2CCCCC2N1.Cl. The average Bonchev–Trinajstić information content (AvgIpc) is 2.91. The van der Waals surface area contributed by atoms with Gasteiger partial charge in [-0.25, -0.2) is 0 Å². The van der Waals surface area contributed by atoms with Gasteiger partial charge in [-0.05, 0) is 44.4 Å². The van der Waals surface area contributed by atoms with Crippen LogP contribution in [-0.4, -0.2) is 49.2 Å². The summed E-state index contributed by atoms with van der Waals surface area (Å²) in [4.78, 5) is 14.5. The van der Waals surface area contributed by atoms with Gasteiger partial charge in [-0.15, -0.1) is 12.4 Å². The lowest BCUT2D eigenvalue weighted by Crippen LogP contribution is -2.46. The number of carbonyl (C=O) groups excluding carboxylic acids is 1. The molecular weight excluding hydrogens is 288 g/mol. The molecule has 2 heterocycles. The first-order valence-electron chi connectivity index (χ1n) is 8.36. The minimum atomic E-state index is 0. The van der Waals surface area contributed by atoms with Gasteiger partial charge >= 0.3 is 0 Å². The van der Waals surface area contributed by atoms with Crippen LogP contribution in [0.5, 0.6) is 0 Å². The van der Waals surface area contributed by atoms with E-state index in [1.807, 2.05) is 11.9 Å². The number of nitrogens with one attached hydrogen (secondary N) is 1. The first kappa shape index (κ1) is 17.0. The molecule has 0 aromatic rings. The van der Waals surface area contributed by atoms with Crippen molar-refractivity contribution in [1.29, 1.82) is 0 Å². The van der Waals surface area contributed by atoms with Crippen LogP contribution in [0, 0.1) is 5.92 Å². The van der Waals surface area contributed by atoms with Gasteiger partial charge in [0.1, 0.15) is 0 Å². The van der Waals surface area contributed by atoms with Crippen LogP contribution in [0.25, 0.3) is 0 Å². The third-order valence-corrected chi connectivity index (χ3v) is 5.29. The molecule has 0 aromatic heterocycles. The van der Waals surface area contributed by atoms with Crippen molar-refractivity contribution in [2.75, 3.05) is 20.2 Å². The van der Waals surface area contributed by atoms with Crippen molar-refractivity contribution in [3.63, 3.8) is 0 Å². The zero-order chi connectivity index (χ0) is 13.9. The van der Waals surface area contributed by atoms with E-state index < -0.39 is 0 Å². The lowest BCUT2D eigenvalue weighted by Gasteiger charge is -2.29. The summed E-state index contributed by atoms with van der Waals surface area (Å²) in [5, 5.41) is 3.58. The molecule has 122 valence electrons. The highest BCUT2D eigenvalue weighted by molar-refractivity contribution is 5.85. The van der Waals surface area contributed by atoms with E-state index in [2.05, 4.69) is 5.32 Å². The molecule has 0 radical (unpaired) electrons. The molecule has 2 saturated heterocycles. The van der Waals surface area contributed by atoms with Gasteiger partial charge < -0.3 is 15.0 Å². The van der Waals surface area contributed by atoms with Gasteiger partial charge in [-0.3, -0.25) is 4.79 Å². The average molecular weight is 317 g/mol. The highest BCUT2D eigenvalue weighted by atomic mass is 35.5. The number of nitrogens with zero attached hydrogens (tertiary/aromatic N) is 1. The molecule has 3 fully saturated rings. The number of halogens is 1. The lowest BCUT2D eigenvalue weighted by molar-refractivity contribution is -0.134. The predicted octanol–water partition coefficient (Wildman–Crippen LogP) is 2.36. The summed E-state index contributed by atoms with van der Waals surface area (Å²) in [5.74, 6) is 1.01. The minimum absolute atomic E-state index is 0. The zero-order valence-electron chi connectivity index (χ0n) is 13.1. The molecule has 1 amide bonds. The fourth-order valence-electron chi connectivity index (χ4n) is 4.12. The number of hydrogen-bond donors (Lipinski definition) is 1. The smallest absolute Gasteiger partial charge is 0.239 e. The van der Waals surface area contributed by atoms with E-state index >= 15 is 0 Å². The van der Waals surface area contributed by atoms with Crippen LogP contribution in [0.4, 0.5) is 0 Å². The Labute approximate surface area is 134 Å². The second-order valence-corrected chi connectivity index (χ2v) is 6.81. The number of rotatable bonds is 3. The summed E-state index contributed by atoms with van der Waals surface area (Å²) >= 11 is 0. The third-order valence-electron chi connectivity index (χ3n) is 5.29. The topological polar surface area (TPSA) is 41.6 Å². The van der Waals surface area contributed by atoms with E-state index in [0.29, 0.717) is 6.04 Å². The van der Waals surface area contributed by atoms with Gasteiger partial charge in [0.25, 0.3) is 0 Å². The summed E-state index contributed by atoms with van der Waals surface area (Å²) in [6.07, 6.45) is 10.0. The van der Waals surface area contributed by atoms with Crippen molar-refractivity contribution in [2.45, 2.75) is 69.6 Å². The van der Waals surface area contributed by atoms with E-state index in [9.17, 15) is 4.79 Å². The third kappa shape index (κ3) is 4.11. The second-order valence-electron chi connectivity index (χ2n) is 6.81. The molecule has 1 saturated carbocycles. The molecule has 2 aliphatic heterocycles. The van der Waals surface area contributed by atoms with Crippen LogP contribution in [0.1, 0.15) is 51.4 Å². The van der Waals surface area contributed by atoms with Crippen molar-refractivity contribution in [3.05, 3.63) is 0 Å². The molecule has 21 heavy (non-hydrogen) atoms. The summed E-state index contributed by atoms with van der Waals surface area (Å²) in [6.45, 7) is 1.62. The Bertz CT molecular complexity index is 333. The highest BCUT2D eigenvalue weighted by Gasteiger charge is 2.39. The summed E-state index contributed by atoms with van der Waals surface area (Å²) < 4.78 is 5.74. The highest BCUT2D eigenvalue weighted by Crippen LogP contribution is 2.33. The fourth-order valence-corrected chi connectivity index (χ4v) is 4.12. The number of carbonyl (C=O) groups is 1. The molecule has 1 N–H and O–H groups in total. The van der Waals surface area contributed by atoms with Gasteiger partial charge in [0.2, 0.25) is 5.91 Å². The molecule has 4 nitrogen and oxygen atoms in total. The van der Waals surface area contributed by atoms with E-state index in [-0.39, 0.29) is 30.5 Å². The van der Waals surface area contributed by atoms with Gasteiger partial charge in [-0.1, -0.05) is 12.8 Å². The van der Waals surface area contributed by atoms with E-state index in [0.717, 1.165) is 31.9 Å². The van der Waals surface area contributed by atoms with Gasteiger partial charge in [-0.2, -0.15) is 0 Å². The molecular formula is C16H29ClN2O2. The minimum Gasteiger partial charge on any atom is -0.376 e. The number of amides is 1. The molecule has 0 bridgehead atoms. The standard InChI is InChI=1S/C16H28N2O2.ClH/c1-18(11-13-7-4-5-9-20-13)16(19)15-10-12-6-2-3-8-14(12)17-15;/h12-15,17H,2-11H2,1H3;1H. The Kier molecular flexibility index (Phi) is 6.33. The largest absolute Gasteiger partial charge is 0.376 e. The van der Waals surface area contributed by atoms with Crippen molar-refractivity contribution >= 4 is 18.3 Å². The summed E-state index contributed by atoms with van der Waals surface area (Å²) in [6, 6.07) is 0.647. The van der Waals surface area contributed by atoms with Crippen LogP contribution < -0.4 is 5.32 Å². The van der Waals surface area contributed by atoms with Gasteiger partial charge in [0.05, 0.1) is 12.1 Å². The number of likely N-dealkylation sites (N-methyl/N-ethyl adjacent to an activating group) is 1. The Morgan fingerprint density at radius 2 is 1.95 bits per heavy atom. The second kappa shape index (κ2) is 7.80. The Morgan fingerprint density at radius 1 is 1.19 bits per heavy atom. The van der Waals surface area contributed by atoms with Crippen LogP contribution in [0.15, 0.2) is 0 Å². The van der Waals surface area contributed by atoms with Crippen molar-refractivity contribution in [1.82, 2.24) is 10.2 Å². The summed E-state index contributed by atoms with van der Waals surface area (Å²) in [5.41, 5.74) is 0. The van der Waals surface area contributed by atoms with Crippen LogP contribution in [0.2, 0.25) is 0 Å². The Morgan fingerprint density at radius 3 is 2.67 bits per heavy atom. The Balaban J connectivity index is 0.00000161. The molecule has 0 aromatic carbocycles. The maximum atomic E-state index is 12.6. The molecule has 4 unspecified atom stereocenters. The van der Waals surface area contributed by atoms with E-state index in [4.69, 9.17) is 4.74 Å². The molecule has 4 atom stereocenters. The predicted molar refractivity (Wildman–Crippen MR) is 85.8 cm³/mol. The molecule has 3 rings (SSSR count). The van der Waals surface area contributed by atoms with Crippen molar-refractivity contribution in [3.8, 4) is 0 Å². The van der Waals surface area contributed by atoms with Crippen LogP contribution in [-0.2, 0) is 9.53 Å². The molecule has 3 aliphatic rings. The molecule has 5 heteroatoms. The number of ether oxygens (including phenoxy) is 1. The number of fused-ring (bicyclic) bond motifs is 1. The molecule has 1 aliphatic carbocycles. The van der Waals surface area contributed by atoms with Gasteiger partial charge in [0.15, 0.2) is 0 Å². The first-order valence-corrected chi connectivity index (χ1v) is 8.36. The maximum Gasteiger partial charge on any atom is 0.239 e. The quantitative estimate of drug-likeness (QED) is 0.869. The Hall–Kier alpha value is -0.320. The van der Waals surface area contributed by atoms with Crippen LogP contribution in [0.3, 0.4) is 0 Å². The maximum absolute atomic E-state index is 12.6. The van der Waals surface area contributed by atoms with Crippen molar-refractivity contribution < 1.29 is 9.53 Å². The van der Waals surface area contributed by atoms with E-state index in [1.54, 1.807) is 0 Å². The van der Waals surface area contributed by atoms with E-state index in [1.165, 1.54) is 38.5 Å². The monoisotopic (exact) mass is 316 g/mol. The number of hydrogen-bond acceptors (Lipinski definition) is 3. The first-order chi connectivity index (χ1) is 9.74. The zero-order valence-corrected chi connectivity index (χ0v) is 13.9.